The number of nitriles is 1. The number of hydrogen-bond donors (Lipinski definition) is 0. The van der Waals surface area contributed by atoms with Crippen LogP contribution in [-0.4, -0.2) is 57.5 Å². The van der Waals surface area contributed by atoms with Crippen molar-refractivity contribution in [2.75, 3.05) is 38.7 Å². The number of morpholine rings is 1. The fourth-order valence-corrected chi connectivity index (χ4v) is 2.70. The van der Waals surface area contributed by atoms with Crippen molar-refractivity contribution < 1.29 is 17.9 Å². The van der Waals surface area contributed by atoms with E-state index in [0.717, 1.165) is 0 Å². The van der Waals surface area contributed by atoms with Crippen molar-refractivity contribution in [3.63, 3.8) is 0 Å². The van der Waals surface area contributed by atoms with E-state index in [0.29, 0.717) is 13.2 Å². The summed E-state index contributed by atoms with van der Waals surface area (Å²) >= 11 is 0. The van der Waals surface area contributed by atoms with Crippen LogP contribution in [-0.2, 0) is 19.5 Å². The molecule has 7 heteroatoms. The predicted octanol–water partition coefficient (Wildman–Crippen LogP) is -0.423. The van der Waals surface area contributed by atoms with Gasteiger partial charge < -0.3 is 9.47 Å². The summed E-state index contributed by atoms with van der Waals surface area (Å²) < 4.78 is 35.0. The summed E-state index contributed by atoms with van der Waals surface area (Å²) in [4.78, 5) is 0. The van der Waals surface area contributed by atoms with Crippen LogP contribution in [0.3, 0.4) is 0 Å². The van der Waals surface area contributed by atoms with Gasteiger partial charge >= 0.3 is 0 Å². The molecule has 1 rings (SSSR count). The summed E-state index contributed by atoms with van der Waals surface area (Å²) in [7, 11) is -3.32. The first-order valence-electron chi connectivity index (χ1n) is 5.17. The molecule has 1 aliphatic rings. The molecule has 1 aliphatic heterocycles. The Morgan fingerprint density at radius 3 is 3.00 bits per heavy atom. The summed E-state index contributed by atoms with van der Waals surface area (Å²) in [6, 6.07) is 1.91. The molecule has 1 unspecified atom stereocenters. The number of nitrogens with zero attached hydrogens (tertiary/aromatic N) is 2. The highest BCUT2D eigenvalue weighted by molar-refractivity contribution is 7.89. The molecular formula is C9H16N2O4S. The Morgan fingerprint density at radius 1 is 1.62 bits per heavy atom. The van der Waals surface area contributed by atoms with E-state index in [1.54, 1.807) is 0 Å². The van der Waals surface area contributed by atoms with E-state index in [1.165, 1.54) is 4.31 Å². The summed E-state index contributed by atoms with van der Waals surface area (Å²) in [6.07, 6.45) is -0.657. The Hall–Kier alpha value is -0.680. The van der Waals surface area contributed by atoms with Crippen molar-refractivity contribution >= 4 is 10.0 Å². The minimum absolute atomic E-state index is 0.0427. The highest BCUT2D eigenvalue weighted by Crippen LogP contribution is 2.10. The topological polar surface area (TPSA) is 79.6 Å². The molecule has 0 radical (unpaired) electrons. The SMILES string of the molecule is CCOCCS(=O)(=O)N1CCOC(C#N)C1. The third-order valence-electron chi connectivity index (χ3n) is 2.26. The molecule has 1 atom stereocenters. The maximum absolute atomic E-state index is 11.8. The van der Waals surface area contributed by atoms with Gasteiger partial charge in [0.1, 0.15) is 0 Å². The molecule has 0 aromatic carbocycles. The first kappa shape index (κ1) is 13.4. The van der Waals surface area contributed by atoms with Gasteiger partial charge in [-0.05, 0) is 6.92 Å². The molecule has 0 spiro atoms. The number of hydrogen-bond acceptors (Lipinski definition) is 5. The van der Waals surface area contributed by atoms with Gasteiger partial charge in [-0.25, -0.2) is 8.42 Å². The van der Waals surface area contributed by atoms with Crippen molar-refractivity contribution in [3.8, 4) is 6.07 Å². The van der Waals surface area contributed by atoms with E-state index in [2.05, 4.69) is 0 Å². The Labute approximate surface area is 95.8 Å². The van der Waals surface area contributed by atoms with Crippen LogP contribution in [0.5, 0.6) is 0 Å². The average molecular weight is 248 g/mol. The minimum Gasteiger partial charge on any atom is -0.381 e. The van der Waals surface area contributed by atoms with E-state index in [1.807, 2.05) is 13.0 Å². The Bertz CT molecular complexity index is 349. The van der Waals surface area contributed by atoms with Crippen LogP contribution in [0.4, 0.5) is 0 Å². The Balaban J connectivity index is 2.51. The lowest BCUT2D eigenvalue weighted by atomic mass is 10.3. The molecule has 0 N–H and O–H groups in total. The molecule has 0 aromatic heterocycles. The Morgan fingerprint density at radius 2 is 2.38 bits per heavy atom. The fourth-order valence-electron chi connectivity index (χ4n) is 1.39. The third-order valence-corrected chi connectivity index (χ3v) is 4.06. The van der Waals surface area contributed by atoms with Gasteiger partial charge in [-0.3, -0.25) is 0 Å². The quantitative estimate of drug-likeness (QED) is 0.617. The van der Waals surface area contributed by atoms with Crippen molar-refractivity contribution in [3.05, 3.63) is 0 Å². The summed E-state index contributed by atoms with van der Waals surface area (Å²) in [6.45, 7) is 3.20. The van der Waals surface area contributed by atoms with Crippen LogP contribution in [0.25, 0.3) is 0 Å². The van der Waals surface area contributed by atoms with E-state index in [9.17, 15) is 8.42 Å². The van der Waals surface area contributed by atoms with E-state index >= 15 is 0 Å². The van der Waals surface area contributed by atoms with Crippen LogP contribution in [0.15, 0.2) is 0 Å². The van der Waals surface area contributed by atoms with Gasteiger partial charge in [0, 0.05) is 13.2 Å². The largest absolute Gasteiger partial charge is 0.381 e. The molecule has 1 saturated heterocycles. The summed E-state index contributed by atoms with van der Waals surface area (Å²) in [5.41, 5.74) is 0. The van der Waals surface area contributed by atoms with E-state index in [4.69, 9.17) is 14.7 Å². The molecule has 1 fully saturated rings. The molecule has 1 heterocycles. The molecule has 0 saturated carbocycles. The van der Waals surface area contributed by atoms with Crippen molar-refractivity contribution in [1.82, 2.24) is 4.31 Å². The van der Waals surface area contributed by atoms with Crippen LogP contribution in [0.1, 0.15) is 6.92 Å². The van der Waals surface area contributed by atoms with Gasteiger partial charge in [0.2, 0.25) is 10.0 Å². The van der Waals surface area contributed by atoms with Crippen LogP contribution in [0, 0.1) is 11.3 Å². The van der Waals surface area contributed by atoms with Crippen LogP contribution < -0.4 is 0 Å². The number of ether oxygens (including phenoxy) is 2. The third kappa shape index (κ3) is 3.72. The molecule has 92 valence electrons. The van der Waals surface area contributed by atoms with Crippen molar-refractivity contribution in [2.45, 2.75) is 13.0 Å². The molecular weight excluding hydrogens is 232 g/mol. The predicted molar refractivity (Wildman–Crippen MR) is 57.2 cm³/mol. The van der Waals surface area contributed by atoms with Gasteiger partial charge in [0.25, 0.3) is 0 Å². The number of rotatable bonds is 5. The second kappa shape index (κ2) is 6.15. The molecule has 16 heavy (non-hydrogen) atoms. The van der Waals surface area contributed by atoms with Crippen molar-refractivity contribution in [1.29, 1.82) is 5.26 Å². The first-order chi connectivity index (χ1) is 7.60. The zero-order valence-corrected chi connectivity index (χ0v) is 10.1. The van der Waals surface area contributed by atoms with Gasteiger partial charge in [-0.2, -0.15) is 9.57 Å². The Kier molecular flexibility index (Phi) is 5.15. The first-order valence-corrected chi connectivity index (χ1v) is 6.78. The van der Waals surface area contributed by atoms with Gasteiger partial charge in [-0.1, -0.05) is 0 Å². The number of sulfonamides is 1. The second-order valence-corrected chi connectivity index (χ2v) is 5.45. The zero-order chi connectivity index (χ0) is 12.0. The van der Waals surface area contributed by atoms with E-state index in [-0.39, 0.29) is 25.5 Å². The summed E-state index contributed by atoms with van der Waals surface area (Å²) in [5.74, 6) is -0.0427. The summed E-state index contributed by atoms with van der Waals surface area (Å²) in [5, 5.41) is 8.67. The standard InChI is InChI=1S/C9H16N2O4S/c1-2-14-5-6-16(12,13)11-3-4-15-9(7-10)8-11/h9H,2-6,8H2,1H3. The molecule has 0 aromatic rings. The average Bonchev–Trinajstić information content (AvgIpc) is 2.29. The van der Waals surface area contributed by atoms with Gasteiger partial charge in [0.15, 0.2) is 6.10 Å². The smallest absolute Gasteiger partial charge is 0.216 e. The lowest BCUT2D eigenvalue weighted by Crippen LogP contribution is -2.46. The lowest BCUT2D eigenvalue weighted by molar-refractivity contribution is 0.0308. The maximum atomic E-state index is 11.8. The van der Waals surface area contributed by atoms with Crippen LogP contribution in [0.2, 0.25) is 0 Å². The van der Waals surface area contributed by atoms with Crippen molar-refractivity contribution in [2.24, 2.45) is 0 Å². The van der Waals surface area contributed by atoms with Gasteiger partial charge in [0.05, 0.1) is 31.6 Å². The molecule has 0 amide bonds. The highest BCUT2D eigenvalue weighted by atomic mass is 32.2. The minimum atomic E-state index is -3.32. The molecule has 6 nitrogen and oxygen atoms in total. The second-order valence-electron chi connectivity index (χ2n) is 3.36. The molecule has 0 aliphatic carbocycles. The van der Waals surface area contributed by atoms with Crippen LogP contribution >= 0.6 is 0 Å². The zero-order valence-electron chi connectivity index (χ0n) is 9.26. The molecule has 0 bridgehead atoms. The van der Waals surface area contributed by atoms with E-state index < -0.39 is 16.1 Å². The highest BCUT2D eigenvalue weighted by Gasteiger charge is 2.28. The lowest BCUT2D eigenvalue weighted by Gasteiger charge is -2.28. The maximum Gasteiger partial charge on any atom is 0.216 e. The monoisotopic (exact) mass is 248 g/mol. The van der Waals surface area contributed by atoms with Gasteiger partial charge in [-0.15, -0.1) is 0 Å². The fraction of sp³-hybridized carbons (Fsp3) is 0.889. The normalized spacial score (nSPS) is 22.9.